The molecule has 0 saturated heterocycles. The third-order valence-corrected chi connectivity index (χ3v) is 5.78. The maximum absolute atomic E-state index is 12.3. The number of nitrogens with zero attached hydrogens (tertiary/aromatic N) is 1. The topological polar surface area (TPSA) is 63.4 Å². The Labute approximate surface area is 121 Å². The van der Waals surface area contributed by atoms with E-state index in [4.69, 9.17) is 5.73 Å². The van der Waals surface area contributed by atoms with Crippen molar-refractivity contribution >= 4 is 15.5 Å². The summed E-state index contributed by atoms with van der Waals surface area (Å²) < 4.78 is 24.6. The molecule has 0 heterocycles. The summed E-state index contributed by atoms with van der Waals surface area (Å²) in [6, 6.07) is 7.83. The Hall–Kier alpha value is -1.07. The smallest absolute Gasteiger partial charge is 0.180 e. The van der Waals surface area contributed by atoms with Crippen LogP contribution in [0.15, 0.2) is 29.2 Å². The fourth-order valence-electron chi connectivity index (χ4n) is 2.57. The second kappa shape index (κ2) is 6.59. The van der Waals surface area contributed by atoms with Crippen molar-refractivity contribution in [3.8, 4) is 0 Å². The van der Waals surface area contributed by atoms with Gasteiger partial charge in [0.15, 0.2) is 9.84 Å². The molecule has 0 aromatic heterocycles. The van der Waals surface area contributed by atoms with E-state index < -0.39 is 9.84 Å². The molecule has 1 aromatic rings. The van der Waals surface area contributed by atoms with Crippen LogP contribution in [0.25, 0.3) is 0 Å². The SMILES string of the molecule is CCS(=O)(=O)c1ccccc1N(CCCN)C1CCC1. The lowest BCUT2D eigenvalue weighted by atomic mass is 9.91. The van der Waals surface area contributed by atoms with E-state index in [9.17, 15) is 8.42 Å². The molecule has 5 heteroatoms. The molecule has 1 fully saturated rings. The lowest BCUT2D eigenvalue weighted by Crippen LogP contribution is -2.42. The zero-order valence-electron chi connectivity index (χ0n) is 12.1. The molecular weight excluding hydrogens is 272 g/mol. The van der Waals surface area contributed by atoms with Gasteiger partial charge in [-0.25, -0.2) is 8.42 Å². The van der Waals surface area contributed by atoms with E-state index in [-0.39, 0.29) is 5.75 Å². The van der Waals surface area contributed by atoms with Gasteiger partial charge in [0.05, 0.1) is 16.3 Å². The molecule has 1 saturated carbocycles. The van der Waals surface area contributed by atoms with Crippen molar-refractivity contribution in [1.82, 2.24) is 0 Å². The molecule has 0 spiro atoms. The number of rotatable bonds is 7. The Morgan fingerprint density at radius 2 is 2.00 bits per heavy atom. The monoisotopic (exact) mass is 296 g/mol. The molecule has 20 heavy (non-hydrogen) atoms. The van der Waals surface area contributed by atoms with E-state index >= 15 is 0 Å². The van der Waals surface area contributed by atoms with Crippen LogP contribution in [-0.4, -0.2) is 33.3 Å². The minimum Gasteiger partial charge on any atom is -0.367 e. The van der Waals surface area contributed by atoms with Gasteiger partial charge in [-0.3, -0.25) is 0 Å². The summed E-state index contributed by atoms with van der Waals surface area (Å²) in [6.07, 6.45) is 4.40. The summed E-state index contributed by atoms with van der Waals surface area (Å²) in [6.45, 7) is 3.16. The van der Waals surface area contributed by atoms with E-state index in [1.807, 2.05) is 12.1 Å². The van der Waals surface area contributed by atoms with Crippen LogP contribution in [0.3, 0.4) is 0 Å². The van der Waals surface area contributed by atoms with Crippen LogP contribution in [0.1, 0.15) is 32.6 Å². The largest absolute Gasteiger partial charge is 0.367 e. The predicted molar refractivity (Wildman–Crippen MR) is 82.8 cm³/mol. The maximum atomic E-state index is 12.3. The fraction of sp³-hybridized carbons (Fsp3) is 0.600. The third kappa shape index (κ3) is 3.15. The molecule has 2 N–H and O–H groups in total. The van der Waals surface area contributed by atoms with Gasteiger partial charge in [0, 0.05) is 12.6 Å². The number of hydrogen-bond acceptors (Lipinski definition) is 4. The normalized spacial score (nSPS) is 15.9. The Morgan fingerprint density at radius 3 is 2.55 bits per heavy atom. The summed E-state index contributed by atoms with van der Waals surface area (Å²) in [4.78, 5) is 2.71. The van der Waals surface area contributed by atoms with Crippen molar-refractivity contribution in [1.29, 1.82) is 0 Å². The molecule has 2 rings (SSSR count). The molecule has 0 unspecified atom stereocenters. The van der Waals surface area contributed by atoms with Crippen LogP contribution in [-0.2, 0) is 9.84 Å². The quantitative estimate of drug-likeness (QED) is 0.837. The molecule has 1 aliphatic carbocycles. The van der Waals surface area contributed by atoms with Crippen molar-refractivity contribution in [2.75, 3.05) is 23.7 Å². The van der Waals surface area contributed by atoms with Crippen LogP contribution >= 0.6 is 0 Å². The van der Waals surface area contributed by atoms with Crippen molar-refractivity contribution in [2.45, 2.75) is 43.5 Å². The van der Waals surface area contributed by atoms with Crippen molar-refractivity contribution in [2.24, 2.45) is 5.73 Å². The first-order chi connectivity index (χ1) is 9.60. The number of anilines is 1. The molecule has 1 aromatic carbocycles. The zero-order chi connectivity index (χ0) is 14.6. The van der Waals surface area contributed by atoms with Gasteiger partial charge < -0.3 is 10.6 Å². The molecule has 1 aliphatic rings. The van der Waals surface area contributed by atoms with E-state index in [1.165, 1.54) is 6.42 Å². The summed E-state index contributed by atoms with van der Waals surface area (Å²) >= 11 is 0. The van der Waals surface area contributed by atoms with Crippen molar-refractivity contribution < 1.29 is 8.42 Å². The Kier molecular flexibility index (Phi) is 5.05. The van der Waals surface area contributed by atoms with E-state index in [1.54, 1.807) is 19.1 Å². The van der Waals surface area contributed by atoms with Gasteiger partial charge in [-0.05, 0) is 44.4 Å². The van der Waals surface area contributed by atoms with Crippen LogP contribution in [0.4, 0.5) is 5.69 Å². The predicted octanol–water partition coefficient (Wildman–Crippen LogP) is 2.19. The highest BCUT2D eigenvalue weighted by atomic mass is 32.2. The maximum Gasteiger partial charge on any atom is 0.180 e. The van der Waals surface area contributed by atoms with Crippen molar-refractivity contribution in [3.05, 3.63) is 24.3 Å². The summed E-state index contributed by atoms with van der Waals surface area (Å²) in [5, 5.41) is 0. The molecule has 0 atom stereocenters. The molecule has 0 radical (unpaired) electrons. The summed E-state index contributed by atoms with van der Waals surface area (Å²) in [7, 11) is -3.19. The van der Waals surface area contributed by atoms with E-state index in [2.05, 4.69) is 4.90 Å². The van der Waals surface area contributed by atoms with Crippen molar-refractivity contribution in [3.63, 3.8) is 0 Å². The fourth-order valence-corrected chi connectivity index (χ4v) is 3.67. The molecular formula is C15H24N2O2S. The van der Waals surface area contributed by atoms with Gasteiger partial charge >= 0.3 is 0 Å². The zero-order valence-corrected chi connectivity index (χ0v) is 12.9. The summed E-state index contributed by atoms with van der Waals surface area (Å²) in [5.41, 5.74) is 6.47. The number of hydrogen-bond donors (Lipinski definition) is 1. The van der Waals surface area contributed by atoms with Crippen LogP contribution in [0.5, 0.6) is 0 Å². The third-order valence-electron chi connectivity index (χ3n) is 4.01. The lowest BCUT2D eigenvalue weighted by Gasteiger charge is -2.40. The number of para-hydroxylation sites is 1. The Bertz CT molecular complexity index is 539. The van der Waals surface area contributed by atoms with Gasteiger partial charge in [0.2, 0.25) is 0 Å². The average molecular weight is 296 g/mol. The standard InChI is InChI=1S/C15H24N2O2S/c1-2-20(18,19)15-10-4-3-9-14(15)17(12-6-11-16)13-7-5-8-13/h3-4,9-10,13H,2,5-8,11-12,16H2,1H3. The van der Waals surface area contributed by atoms with Gasteiger partial charge in [-0.2, -0.15) is 0 Å². The van der Waals surface area contributed by atoms with Crippen LogP contribution in [0.2, 0.25) is 0 Å². The highest BCUT2D eigenvalue weighted by Gasteiger charge is 2.28. The lowest BCUT2D eigenvalue weighted by molar-refractivity contribution is 0.383. The first-order valence-electron chi connectivity index (χ1n) is 7.38. The summed E-state index contributed by atoms with van der Waals surface area (Å²) in [5.74, 6) is 0.138. The van der Waals surface area contributed by atoms with Gasteiger partial charge in [0.25, 0.3) is 0 Å². The Morgan fingerprint density at radius 1 is 1.30 bits per heavy atom. The molecule has 0 aliphatic heterocycles. The second-order valence-electron chi connectivity index (χ2n) is 5.29. The molecule has 4 nitrogen and oxygen atoms in total. The molecule has 112 valence electrons. The number of benzene rings is 1. The first-order valence-corrected chi connectivity index (χ1v) is 9.04. The Balaban J connectivity index is 2.37. The molecule has 0 bridgehead atoms. The van der Waals surface area contributed by atoms with Crippen LogP contribution in [0, 0.1) is 0 Å². The van der Waals surface area contributed by atoms with E-state index in [0.717, 1.165) is 31.5 Å². The first kappa shape index (κ1) is 15.3. The minimum atomic E-state index is -3.19. The average Bonchev–Trinajstić information content (AvgIpc) is 2.41. The second-order valence-corrected chi connectivity index (χ2v) is 7.54. The number of nitrogens with two attached hydrogens (primary N) is 1. The number of sulfone groups is 1. The molecule has 0 amide bonds. The highest BCUT2D eigenvalue weighted by Crippen LogP contribution is 2.34. The van der Waals surface area contributed by atoms with E-state index in [0.29, 0.717) is 17.5 Å². The van der Waals surface area contributed by atoms with Gasteiger partial charge in [0.1, 0.15) is 0 Å². The highest BCUT2D eigenvalue weighted by molar-refractivity contribution is 7.91. The van der Waals surface area contributed by atoms with Gasteiger partial charge in [-0.15, -0.1) is 0 Å². The van der Waals surface area contributed by atoms with Crippen LogP contribution < -0.4 is 10.6 Å². The minimum absolute atomic E-state index is 0.138. The van der Waals surface area contributed by atoms with Gasteiger partial charge in [-0.1, -0.05) is 19.1 Å².